The number of methoxy groups -OCH3 is 1. The van der Waals surface area contributed by atoms with Crippen molar-refractivity contribution in [2.45, 2.75) is 4.90 Å². The molecule has 0 fully saturated rings. The number of ether oxygens (including phenoxy) is 2. The third-order valence-corrected chi connectivity index (χ3v) is 4.58. The monoisotopic (exact) mass is 315 g/mol. The van der Waals surface area contributed by atoms with Crippen LogP contribution in [0.5, 0.6) is 5.75 Å². The van der Waals surface area contributed by atoms with Crippen molar-refractivity contribution in [3.8, 4) is 5.75 Å². The molecule has 7 heteroatoms. The van der Waals surface area contributed by atoms with E-state index in [2.05, 4.69) is 6.58 Å². The van der Waals surface area contributed by atoms with Gasteiger partial charge in [0.15, 0.2) is 0 Å². The number of aliphatic hydroxyl groups excluding tert-OH is 1. The Morgan fingerprint density at radius 2 is 1.95 bits per heavy atom. The van der Waals surface area contributed by atoms with Gasteiger partial charge in [0.05, 0.1) is 18.1 Å². The van der Waals surface area contributed by atoms with E-state index in [1.807, 2.05) is 0 Å². The maximum absolute atomic E-state index is 12.5. The fraction of sp³-hybridized carbons (Fsp3) is 0.429. The molecule has 0 saturated carbocycles. The highest BCUT2D eigenvalue weighted by atomic mass is 32.2. The molecule has 0 atom stereocenters. The summed E-state index contributed by atoms with van der Waals surface area (Å²) < 4.78 is 36.4. The van der Waals surface area contributed by atoms with Gasteiger partial charge in [-0.3, -0.25) is 0 Å². The van der Waals surface area contributed by atoms with Gasteiger partial charge in [0.2, 0.25) is 10.0 Å². The number of nitrogens with zero attached hydrogens (tertiary/aromatic N) is 1. The van der Waals surface area contributed by atoms with Gasteiger partial charge in [-0.15, -0.1) is 6.58 Å². The van der Waals surface area contributed by atoms with Gasteiger partial charge in [-0.2, -0.15) is 4.31 Å². The molecule has 0 aliphatic carbocycles. The average Bonchev–Trinajstić information content (AvgIpc) is 2.49. The van der Waals surface area contributed by atoms with Crippen LogP contribution >= 0.6 is 0 Å². The second kappa shape index (κ2) is 8.78. The number of aliphatic hydroxyl groups is 1. The molecule has 1 N–H and O–H groups in total. The van der Waals surface area contributed by atoms with E-state index in [0.717, 1.165) is 0 Å². The van der Waals surface area contributed by atoms with Crippen molar-refractivity contribution in [2.75, 3.05) is 40.0 Å². The fourth-order valence-corrected chi connectivity index (χ4v) is 3.06. The van der Waals surface area contributed by atoms with Crippen molar-refractivity contribution in [1.82, 2.24) is 4.31 Å². The Hall–Kier alpha value is -1.41. The van der Waals surface area contributed by atoms with Crippen LogP contribution in [-0.4, -0.2) is 57.8 Å². The molecule has 0 bridgehead atoms. The van der Waals surface area contributed by atoms with E-state index in [-0.39, 0.29) is 31.2 Å². The van der Waals surface area contributed by atoms with Crippen LogP contribution in [0.1, 0.15) is 0 Å². The average molecular weight is 315 g/mol. The van der Waals surface area contributed by atoms with E-state index < -0.39 is 10.0 Å². The zero-order valence-corrected chi connectivity index (χ0v) is 12.9. The lowest BCUT2D eigenvalue weighted by Gasteiger charge is -2.20. The largest absolute Gasteiger partial charge is 0.491 e. The number of benzene rings is 1. The summed E-state index contributed by atoms with van der Waals surface area (Å²) in [6.45, 7) is 4.43. The molecule has 21 heavy (non-hydrogen) atoms. The normalized spacial score (nSPS) is 11.6. The van der Waals surface area contributed by atoms with Crippen molar-refractivity contribution < 1.29 is 23.0 Å². The first-order valence-corrected chi connectivity index (χ1v) is 7.94. The predicted molar refractivity (Wildman–Crippen MR) is 79.9 cm³/mol. The summed E-state index contributed by atoms with van der Waals surface area (Å²) in [6.07, 6.45) is 1.53. The zero-order chi connectivity index (χ0) is 15.7. The lowest BCUT2D eigenvalue weighted by molar-refractivity contribution is 0.182. The summed E-state index contributed by atoms with van der Waals surface area (Å²) in [5, 5.41) is 8.68. The highest BCUT2D eigenvalue weighted by Gasteiger charge is 2.23. The van der Waals surface area contributed by atoms with Crippen molar-refractivity contribution >= 4 is 10.0 Å². The summed E-state index contributed by atoms with van der Waals surface area (Å²) in [5.41, 5.74) is 0. The molecule has 0 unspecified atom stereocenters. The molecule has 0 saturated heterocycles. The van der Waals surface area contributed by atoms with E-state index in [1.165, 1.54) is 29.6 Å². The summed E-state index contributed by atoms with van der Waals surface area (Å²) in [4.78, 5) is 0.178. The van der Waals surface area contributed by atoms with Crippen LogP contribution in [0.15, 0.2) is 41.8 Å². The molecule has 1 rings (SSSR count). The van der Waals surface area contributed by atoms with Crippen LogP contribution in [0, 0.1) is 0 Å². The minimum Gasteiger partial charge on any atom is -0.491 e. The van der Waals surface area contributed by atoms with Gasteiger partial charge in [-0.05, 0) is 24.3 Å². The summed E-state index contributed by atoms with van der Waals surface area (Å²) in [5.74, 6) is 0.509. The minimum absolute atomic E-state index is 0.0931. The van der Waals surface area contributed by atoms with Crippen LogP contribution in [0.25, 0.3) is 0 Å². The smallest absolute Gasteiger partial charge is 0.243 e. The molecule has 6 nitrogen and oxygen atoms in total. The van der Waals surface area contributed by atoms with Crippen molar-refractivity contribution in [3.05, 3.63) is 36.9 Å². The van der Waals surface area contributed by atoms with Gasteiger partial charge >= 0.3 is 0 Å². The Labute approximate surface area is 125 Å². The molecule has 0 amide bonds. The Morgan fingerprint density at radius 3 is 2.48 bits per heavy atom. The first kappa shape index (κ1) is 17.6. The number of hydrogen-bond acceptors (Lipinski definition) is 5. The van der Waals surface area contributed by atoms with E-state index >= 15 is 0 Å². The van der Waals surface area contributed by atoms with Crippen LogP contribution < -0.4 is 4.74 Å². The molecule has 1 aromatic carbocycles. The lowest BCUT2D eigenvalue weighted by Crippen LogP contribution is -2.34. The third-order valence-electron chi connectivity index (χ3n) is 2.70. The highest BCUT2D eigenvalue weighted by Crippen LogP contribution is 2.19. The molecule has 0 aromatic heterocycles. The van der Waals surface area contributed by atoms with Crippen LogP contribution in [0.3, 0.4) is 0 Å². The SMILES string of the molecule is C=CCN(CCOC)S(=O)(=O)c1ccc(OCCO)cc1. The topological polar surface area (TPSA) is 76.1 Å². The number of hydrogen-bond donors (Lipinski definition) is 1. The van der Waals surface area contributed by atoms with Crippen molar-refractivity contribution in [1.29, 1.82) is 0 Å². The molecule has 118 valence electrons. The highest BCUT2D eigenvalue weighted by molar-refractivity contribution is 7.89. The summed E-state index contributed by atoms with van der Waals surface area (Å²) in [7, 11) is -2.08. The van der Waals surface area contributed by atoms with Gasteiger partial charge in [0, 0.05) is 20.2 Å². The second-order valence-corrected chi connectivity index (χ2v) is 6.13. The Kier molecular flexibility index (Phi) is 7.38. The third kappa shape index (κ3) is 5.13. The molecule has 0 heterocycles. The van der Waals surface area contributed by atoms with Crippen LogP contribution in [0.2, 0.25) is 0 Å². The predicted octanol–water partition coefficient (Wildman–Crippen LogP) is 0.881. The molecule has 0 radical (unpaired) electrons. The van der Waals surface area contributed by atoms with Gasteiger partial charge in [0.1, 0.15) is 12.4 Å². The number of sulfonamides is 1. The van der Waals surface area contributed by atoms with Gasteiger partial charge in [-0.1, -0.05) is 6.08 Å². The van der Waals surface area contributed by atoms with E-state index in [0.29, 0.717) is 12.4 Å². The van der Waals surface area contributed by atoms with Gasteiger partial charge < -0.3 is 14.6 Å². The van der Waals surface area contributed by atoms with Crippen molar-refractivity contribution in [3.63, 3.8) is 0 Å². The molecular formula is C14H21NO5S. The summed E-state index contributed by atoms with van der Waals surface area (Å²) in [6, 6.07) is 6.08. The first-order chi connectivity index (χ1) is 10.1. The Bertz CT molecular complexity index is 527. The van der Waals surface area contributed by atoms with Crippen LogP contribution in [0.4, 0.5) is 0 Å². The van der Waals surface area contributed by atoms with Gasteiger partial charge in [0.25, 0.3) is 0 Å². The minimum atomic E-state index is -3.60. The van der Waals surface area contributed by atoms with Gasteiger partial charge in [-0.25, -0.2) is 8.42 Å². The van der Waals surface area contributed by atoms with E-state index in [4.69, 9.17) is 14.6 Å². The maximum atomic E-state index is 12.5. The zero-order valence-electron chi connectivity index (χ0n) is 12.1. The first-order valence-electron chi connectivity index (χ1n) is 6.50. The van der Waals surface area contributed by atoms with E-state index in [9.17, 15) is 8.42 Å². The molecule has 0 aliphatic heterocycles. The Morgan fingerprint density at radius 1 is 1.29 bits per heavy atom. The lowest BCUT2D eigenvalue weighted by atomic mass is 10.3. The Balaban J connectivity index is 2.90. The molecule has 0 spiro atoms. The van der Waals surface area contributed by atoms with Crippen LogP contribution in [-0.2, 0) is 14.8 Å². The summed E-state index contributed by atoms with van der Waals surface area (Å²) >= 11 is 0. The van der Waals surface area contributed by atoms with E-state index in [1.54, 1.807) is 12.1 Å². The fourth-order valence-electron chi connectivity index (χ4n) is 1.67. The van der Waals surface area contributed by atoms with Crippen molar-refractivity contribution in [2.24, 2.45) is 0 Å². The molecule has 0 aliphatic rings. The molecule has 1 aromatic rings. The maximum Gasteiger partial charge on any atom is 0.243 e. The quantitative estimate of drug-likeness (QED) is 0.649. The standard InChI is InChI=1S/C14H21NO5S/c1-3-8-15(9-11-19-2)21(17,18)14-6-4-13(5-7-14)20-12-10-16/h3-7,16H,1,8-12H2,2H3. The molecular weight excluding hydrogens is 294 g/mol. The second-order valence-electron chi connectivity index (χ2n) is 4.19. The number of rotatable bonds is 10.